The highest BCUT2D eigenvalue weighted by molar-refractivity contribution is 6.32. The summed E-state index contributed by atoms with van der Waals surface area (Å²) in [6.45, 7) is 1.55. The van der Waals surface area contributed by atoms with Crippen LogP contribution in [0.4, 0.5) is 0 Å². The van der Waals surface area contributed by atoms with Gasteiger partial charge in [-0.25, -0.2) is 0 Å². The highest BCUT2D eigenvalue weighted by atomic mass is 35.5. The number of para-hydroxylation sites is 1. The normalized spacial score (nSPS) is 14.5. The molecule has 0 atom stereocenters. The summed E-state index contributed by atoms with van der Waals surface area (Å²) in [5.41, 5.74) is 3.83. The topological polar surface area (TPSA) is 129 Å². The van der Waals surface area contributed by atoms with Gasteiger partial charge >= 0.3 is 11.9 Å². The maximum Gasteiger partial charge on any atom is 0.333 e. The standard InChI is InChI=1S/C18H15ClN4O5/c1-9-13-15(23(22-9)12-7-5-4-6-11(12)19)28-14(21)10(8-20)18(13,16(24)26-2)17(25)27-3/h4-7H,21H2,1-3H3. The maximum atomic E-state index is 12.8. The number of nitrogens with two attached hydrogens (primary N) is 1. The van der Waals surface area contributed by atoms with Gasteiger partial charge in [-0.05, 0) is 19.1 Å². The van der Waals surface area contributed by atoms with Crippen LogP contribution >= 0.6 is 11.6 Å². The lowest BCUT2D eigenvalue weighted by atomic mass is 9.73. The molecule has 0 spiro atoms. The average Bonchev–Trinajstić information content (AvgIpc) is 3.02. The molecule has 0 radical (unpaired) electrons. The Hall–Kier alpha value is -3.51. The Morgan fingerprint density at radius 1 is 1.29 bits per heavy atom. The summed E-state index contributed by atoms with van der Waals surface area (Å²) in [4.78, 5) is 25.7. The molecule has 2 N–H and O–H groups in total. The molecule has 2 aromatic rings. The van der Waals surface area contributed by atoms with Crippen LogP contribution < -0.4 is 10.5 Å². The monoisotopic (exact) mass is 402 g/mol. The minimum Gasteiger partial charge on any atom is -0.468 e. The number of methoxy groups -OCH3 is 2. The second-order valence-electron chi connectivity index (χ2n) is 5.82. The van der Waals surface area contributed by atoms with Crippen LogP contribution in [0.1, 0.15) is 11.3 Å². The molecule has 1 aromatic carbocycles. The van der Waals surface area contributed by atoms with E-state index in [4.69, 9.17) is 31.5 Å². The van der Waals surface area contributed by atoms with E-state index in [0.717, 1.165) is 14.2 Å². The number of ether oxygens (including phenoxy) is 3. The molecule has 1 aliphatic rings. The number of nitriles is 1. The van der Waals surface area contributed by atoms with Crippen LogP contribution in [-0.2, 0) is 24.5 Å². The molecule has 0 saturated heterocycles. The van der Waals surface area contributed by atoms with Gasteiger partial charge in [-0.1, -0.05) is 23.7 Å². The molecule has 10 heteroatoms. The molecular weight excluding hydrogens is 388 g/mol. The van der Waals surface area contributed by atoms with Gasteiger partial charge in [0.25, 0.3) is 0 Å². The van der Waals surface area contributed by atoms with Crippen molar-refractivity contribution in [2.24, 2.45) is 5.73 Å². The molecule has 9 nitrogen and oxygen atoms in total. The Balaban J connectivity index is 2.45. The van der Waals surface area contributed by atoms with Crippen LogP contribution in [0.15, 0.2) is 35.7 Å². The van der Waals surface area contributed by atoms with Gasteiger partial charge in [-0.2, -0.15) is 15.0 Å². The first-order valence-corrected chi connectivity index (χ1v) is 8.32. The minimum absolute atomic E-state index is 0.00290. The lowest BCUT2D eigenvalue weighted by Gasteiger charge is -2.32. The van der Waals surface area contributed by atoms with Crippen molar-refractivity contribution in [3.05, 3.63) is 52.0 Å². The third-order valence-electron chi connectivity index (χ3n) is 4.40. The molecule has 0 bridgehead atoms. The Bertz CT molecular complexity index is 1050. The number of rotatable bonds is 3. The van der Waals surface area contributed by atoms with Gasteiger partial charge in [0, 0.05) is 0 Å². The number of aromatic nitrogens is 2. The predicted octanol–water partition coefficient (Wildman–Crippen LogP) is 1.50. The third-order valence-corrected chi connectivity index (χ3v) is 4.72. The fraction of sp³-hybridized carbons (Fsp3) is 0.222. The molecule has 0 unspecified atom stereocenters. The number of halogens is 1. The number of carbonyl (C=O) groups excluding carboxylic acids is 2. The zero-order chi connectivity index (χ0) is 20.6. The summed E-state index contributed by atoms with van der Waals surface area (Å²) < 4.78 is 16.6. The van der Waals surface area contributed by atoms with Gasteiger partial charge in [0.15, 0.2) is 0 Å². The van der Waals surface area contributed by atoms with Gasteiger partial charge in [0.05, 0.1) is 36.2 Å². The molecular formula is C18H15ClN4O5. The number of benzene rings is 1. The molecule has 0 fully saturated rings. The van der Waals surface area contributed by atoms with E-state index >= 15 is 0 Å². The smallest absolute Gasteiger partial charge is 0.333 e. The zero-order valence-corrected chi connectivity index (χ0v) is 15.9. The number of esters is 2. The maximum absolute atomic E-state index is 12.8. The first-order chi connectivity index (χ1) is 13.3. The summed E-state index contributed by atoms with van der Waals surface area (Å²) in [6.07, 6.45) is 0. The number of aryl methyl sites for hydroxylation is 1. The van der Waals surface area contributed by atoms with Crippen LogP contribution in [0.3, 0.4) is 0 Å². The minimum atomic E-state index is -2.28. The average molecular weight is 403 g/mol. The fourth-order valence-corrected chi connectivity index (χ4v) is 3.44. The Kier molecular flexibility index (Phi) is 4.75. The highest BCUT2D eigenvalue weighted by Gasteiger charge is 2.61. The summed E-state index contributed by atoms with van der Waals surface area (Å²) >= 11 is 6.26. The summed E-state index contributed by atoms with van der Waals surface area (Å²) in [7, 11) is 2.17. The van der Waals surface area contributed by atoms with Crippen molar-refractivity contribution in [1.82, 2.24) is 9.78 Å². The molecule has 0 amide bonds. The van der Waals surface area contributed by atoms with E-state index in [1.807, 2.05) is 0 Å². The predicted molar refractivity (Wildman–Crippen MR) is 96.5 cm³/mol. The van der Waals surface area contributed by atoms with E-state index in [2.05, 4.69) is 5.10 Å². The Morgan fingerprint density at radius 2 is 1.89 bits per heavy atom. The molecule has 1 aliphatic heterocycles. The van der Waals surface area contributed by atoms with E-state index < -0.39 is 28.8 Å². The quantitative estimate of drug-likeness (QED) is 0.604. The van der Waals surface area contributed by atoms with Crippen molar-refractivity contribution >= 4 is 23.5 Å². The summed E-state index contributed by atoms with van der Waals surface area (Å²) in [5, 5.41) is 14.3. The first kappa shape index (κ1) is 19.3. The number of hydrogen-bond donors (Lipinski definition) is 1. The Labute approximate surface area is 164 Å². The summed E-state index contributed by atoms with van der Waals surface area (Å²) in [6, 6.07) is 8.52. The van der Waals surface area contributed by atoms with Crippen molar-refractivity contribution in [3.8, 4) is 17.6 Å². The van der Waals surface area contributed by atoms with Gasteiger partial charge in [0.2, 0.25) is 17.2 Å². The first-order valence-electron chi connectivity index (χ1n) is 7.94. The summed E-state index contributed by atoms with van der Waals surface area (Å²) in [5.74, 6) is -2.59. The van der Waals surface area contributed by atoms with Crippen molar-refractivity contribution in [1.29, 1.82) is 5.26 Å². The van der Waals surface area contributed by atoms with E-state index in [0.29, 0.717) is 10.7 Å². The van der Waals surface area contributed by atoms with Crippen molar-refractivity contribution < 1.29 is 23.8 Å². The number of fused-ring (bicyclic) bond motifs is 1. The van der Waals surface area contributed by atoms with Gasteiger partial charge in [-0.3, -0.25) is 9.59 Å². The largest absolute Gasteiger partial charge is 0.468 e. The van der Waals surface area contributed by atoms with Crippen LogP contribution in [0.25, 0.3) is 5.69 Å². The SMILES string of the molecule is COC(=O)C1(C(=O)OC)C(C#N)=C(N)Oc2c1c(C)nn2-c1ccccc1Cl. The van der Waals surface area contributed by atoms with Crippen molar-refractivity contribution in [2.75, 3.05) is 14.2 Å². The lowest BCUT2D eigenvalue weighted by molar-refractivity contribution is -0.160. The lowest BCUT2D eigenvalue weighted by Crippen LogP contribution is -2.50. The molecule has 144 valence electrons. The van der Waals surface area contributed by atoms with Crippen LogP contribution in [0, 0.1) is 18.3 Å². The Morgan fingerprint density at radius 3 is 2.43 bits per heavy atom. The molecule has 3 rings (SSSR count). The van der Waals surface area contributed by atoms with Crippen LogP contribution in [-0.4, -0.2) is 35.9 Å². The van der Waals surface area contributed by atoms with E-state index in [-0.39, 0.29) is 17.1 Å². The number of nitrogens with zero attached hydrogens (tertiary/aromatic N) is 3. The van der Waals surface area contributed by atoms with Gasteiger partial charge < -0.3 is 19.9 Å². The number of hydrogen-bond acceptors (Lipinski definition) is 8. The molecule has 1 aromatic heterocycles. The zero-order valence-electron chi connectivity index (χ0n) is 15.1. The molecule has 0 saturated carbocycles. The van der Waals surface area contributed by atoms with Crippen LogP contribution in [0.5, 0.6) is 5.88 Å². The highest BCUT2D eigenvalue weighted by Crippen LogP contribution is 2.47. The van der Waals surface area contributed by atoms with Gasteiger partial charge in [0.1, 0.15) is 11.6 Å². The van der Waals surface area contributed by atoms with E-state index in [1.165, 1.54) is 4.68 Å². The van der Waals surface area contributed by atoms with E-state index in [1.54, 1.807) is 37.3 Å². The second kappa shape index (κ2) is 6.90. The van der Waals surface area contributed by atoms with Crippen molar-refractivity contribution in [2.45, 2.75) is 12.3 Å². The fourth-order valence-electron chi connectivity index (χ4n) is 3.22. The van der Waals surface area contributed by atoms with Gasteiger partial charge in [-0.15, -0.1) is 0 Å². The molecule has 28 heavy (non-hydrogen) atoms. The second-order valence-corrected chi connectivity index (χ2v) is 6.22. The molecule has 2 heterocycles. The van der Waals surface area contributed by atoms with E-state index in [9.17, 15) is 14.9 Å². The van der Waals surface area contributed by atoms with Crippen LogP contribution in [0.2, 0.25) is 5.02 Å². The number of carbonyl (C=O) groups is 2. The van der Waals surface area contributed by atoms with Crippen molar-refractivity contribution in [3.63, 3.8) is 0 Å². The third kappa shape index (κ3) is 2.42. The molecule has 0 aliphatic carbocycles.